The number of hydrogen-bond donors (Lipinski definition) is 1. The third-order valence-electron chi connectivity index (χ3n) is 5.04. The highest BCUT2D eigenvalue weighted by Crippen LogP contribution is 2.35. The van der Waals surface area contributed by atoms with Crippen molar-refractivity contribution in [1.29, 1.82) is 0 Å². The Bertz CT molecular complexity index is 425. The molecule has 1 saturated heterocycles. The molecule has 3 atom stereocenters. The minimum Gasteiger partial charge on any atom is -0.378 e. The molecule has 2 aliphatic rings. The van der Waals surface area contributed by atoms with Gasteiger partial charge in [0.1, 0.15) is 0 Å². The van der Waals surface area contributed by atoms with Crippen LogP contribution in [0.1, 0.15) is 55.6 Å². The van der Waals surface area contributed by atoms with Crippen LogP contribution < -0.4 is 5.32 Å². The molecule has 0 saturated carbocycles. The molecule has 3 rings (SSSR count). The molecule has 0 spiro atoms. The smallest absolute Gasteiger partial charge is 0.0590 e. The van der Waals surface area contributed by atoms with Crippen LogP contribution in [0.5, 0.6) is 0 Å². The van der Waals surface area contributed by atoms with Gasteiger partial charge in [-0.25, -0.2) is 0 Å². The van der Waals surface area contributed by atoms with Crippen molar-refractivity contribution in [3.05, 3.63) is 35.4 Å². The Kier molecular flexibility index (Phi) is 4.74. The van der Waals surface area contributed by atoms with Crippen LogP contribution in [0.25, 0.3) is 0 Å². The Morgan fingerprint density at radius 3 is 2.90 bits per heavy atom. The summed E-state index contributed by atoms with van der Waals surface area (Å²) in [5.41, 5.74) is 3.18. The molecule has 0 aromatic heterocycles. The molecule has 2 heteroatoms. The molecule has 1 aliphatic carbocycles. The predicted octanol–water partition coefficient (Wildman–Crippen LogP) is 3.65. The number of ether oxygens (including phenoxy) is 1. The molecule has 1 heterocycles. The average molecular weight is 273 g/mol. The molecule has 20 heavy (non-hydrogen) atoms. The summed E-state index contributed by atoms with van der Waals surface area (Å²) >= 11 is 0. The monoisotopic (exact) mass is 273 g/mol. The molecule has 0 bridgehead atoms. The van der Waals surface area contributed by atoms with Gasteiger partial charge in [0.2, 0.25) is 0 Å². The molecule has 1 N–H and O–H groups in total. The lowest BCUT2D eigenvalue weighted by Crippen LogP contribution is -2.32. The van der Waals surface area contributed by atoms with Gasteiger partial charge in [-0.2, -0.15) is 0 Å². The minimum absolute atomic E-state index is 0.492. The summed E-state index contributed by atoms with van der Waals surface area (Å²) in [6.07, 6.45) is 9.38. The van der Waals surface area contributed by atoms with E-state index in [1.54, 1.807) is 11.1 Å². The van der Waals surface area contributed by atoms with Crippen molar-refractivity contribution in [1.82, 2.24) is 5.32 Å². The maximum absolute atomic E-state index is 5.80. The topological polar surface area (TPSA) is 21.3 Å². The quantitative estimate of drug-likeness (QED) is 0.884. The van der Waals surface area contributed by atoms with Crippen LogP contribution >= 0.6 is 0 Å². The van der Waals surface area contributed by atoms with Crippen molar-refractivity contribution in [3.8, 4) is 0 Å². The molecule has 1 aliphatic heterocycles. The molecular formula is C18H27NO. The molecule has 2 nitrogen and oxygen atoms in total. The third kappa shape index (κ3) is 3.24. The van der Waals surface area contributed by atoms with Crippen LogP contribution in [-0.2, 0) is 11.2 Å². The summed E-state index contributed by atoms with van der Waals surface area (Å²) in [4.78, 5) is 0. The number of benzene rings is 1. The molecule has 0 amide bonds. The van der Waals surface area contributed by atoms with Crippen LogP contribution in [0.2, 0.25) is 0 Å². The third-order valence-corrected chi connectivity index (χ3v) is 5.04. The molecule has 0 radical (unpaired) electrons. The van der Waals surface area contributed by atoms with E-state index in [9.17, 15) is 0 Å². The van der Waals surface area contributed by atoms with Gasteiger partial charge in [0.15, 0.2) is 0 Å². The van der Waals surface area contributed by atoms with E-state index >= 15 is 0 Å². The second-order valence-corrected chi connectivity index (χ2v) is 6.38. The standard InChI is InChI=1S/C18H27NO/c1-19-16(13-17-9-5-11-20-17)12-15-8-4-7-14-6-2-3-10-18(14)15/h2-3,6,10,15-17,19H,4-5,7-9,11-13H2,1H3. The SMILES string of the molecule is CNC(CC1CCCO1)CC1CCCc2ccccc21. The van der Waals surface area contributed by atoms with Gasteiger partial charge in [-0.05, 0) is 69.0 Å². The van der Waals surface area contributed by atoms with Crippen LogP contribution in [0, 0.1) is 0 Å². The van der Waals surface area contributed by atoms with E-state index in [1.165, 1.54) is 44.9 Å². The second-order valence-electron chi connectivity index (χ2n) is 6.38. The number of fused-ring (bicyclic) bond motifs is 1. The van der Waals surface area contributed by atoms with Gasteiger partial charge >= 0.3 is 0 Å². The van der Waals surface area contributed by atoms with Gasteiger partial charge in [0.25, 0.3) is 0 Å². The number of nitrogens with one attached hydrogen (secondary N) is 1. The lowest BCUT2D eigenvalue weighted by Gasteiger charge is -2.30. The number of aryl methyl sites for hydroxylation is 1. The Balaban J connectivity index is 1.64. The van der Waals surface area contributed by atoms with Crippen molar-refractivity contribution < 1.29 is 4.74 Å². The van der Waals surface area contributed by atoms with Crippen molar-refractivity contribution >= 4 is 0 Å². The summed E-state index contributed by atoms with van der Waals surface area (Å²) in [5.74, 6) is 0.735. The molecule has 1 aromatic carbocycles. The van der Waals surface area contributed by atoms with Gasteiger partial charge in [0, 0.05) is 12.6 Å². The first kappa shape index (κ1) is 14.1. The van der Waals surface area contributed by atoms with Crippen molar-refractivity contribution in [2.75, 3.05) is 13.7 Å². The Hall–Kier alpha value is -0.860. The van der Waals surface area contributed by atoms with E-state index < -0.39 is 0 Å². The van der Waals surface area contributed by atoms with E-state index in [-0.39, 0.29) is 0 Å². The van der Waals surface area contributed by atoms with Gasteiger partial charge in [-0.15, -0.1) is 0 Å². The lowest BCUT2D eigenvalue weighted by atomic mass is 9.79. The molecule has 3 unspecified atom stereocenters. The normalized spacial score (nSPS) is 27.2. The van der Waals surface area contributed by atoms with Crippen LogP contribution in [0.3, 0.4) is 0 Å². The average Bonchev–Trinajstić information content (AvgIpc) is 3.00. The van der Waals surface area contributed by atoms with Crippen LogP contribution in [-0.4, -0.2) is 25.8 Å². The van der Waals surface area contributed by atoms with E-state index in [4.69, 9.17) is 4.74 Å². The fraction of sp³-hybridized carbons (Fsp3) is 0.667. The summed E-state index contributed by atoms with van der Waals surface area (Å²) in [6.45, 7) is 0.966. The first-order valence-corrected chi connectivity index (χ1v) is 8.23. The number of rotatable bonds is 5. The summed E-state index contributed by atoms with van der Waals surface area (Å²) in [5, 5.41) is 3.53. The van der Waals surface area contributed by atoms with Crippen molar-refractivity contribution in [3.63, 3.8) is 0 Å². The van der Waals surface area contributed by atoms with Gasteiger partial charge in [-0.3, -0.25) is 0 Å². The highest BCUT2D eigenvalue weighted by Gasteiger charge is 2.25. The molecule has 1 fully saturated rings. The summed E-state index contributed by atoms with van der Waals surface area (Å²) in [7, 11) is 2.11. The highest BCUT2D eigenvalue weighted by molar-refractivity contribution is 5.32. The van der Waals surface area contributed by atoms with Gasteiger partial charge in [0.05, 0.1) is 6.10 Å². The Morgan fingerprint density at radius 1 is 1.20 bits per heavy atom. The largest absolute Gasteiger partial charge is 0.378 e. The maximum atomic E-state index is 5.80. The lowest BCUT2D eigenvalue weighted by molar-refractivity contribution is 0.0934. The molecular weight excluding hydrogens is 246 g/mol. The van der Waals surface area contributed by atoms with E-state index in [1.807, 2.05) is 0 Å². The Morgan fingerprint density at radius 2 is 2.10 bits per heavy atom. The predicted molar refractivity (Wildman–Crippen MR) is 83.2 cm³/mol. The van der Waals surface area contributed by atoms with Crippen LogP contribution in [0.4, 0.5) is 0 Å². The zero-order chi connectivity index (χ0) is 13.8. The van der Waals surface area contributed by atoms with E-state index in [2.05, 4.69) is 36.6 Å². The van der Waals surface area contributed by atoms with Gasteiger partial charge in [-0.1, -0.05) is 24.3 Å². The first-order chi connectivity index (χ1) is 9.86. The number of hydrogen-bond acceptors (Lipinski definition) is 2. The fourth-order valence-electron chi connectivity index (χ4n) is 3.92. The van der Waals surface area contributed by atoms with Gasteiger partial charge < -0.3 is 10.1 Å². The zero-order valence-electron chi connectivity index (χ0n) is 12.6. The minimum atomic E-state index is 0.492. The fourth-order valence-corrected chi connectivity index (χ4v) is 3.92. The van der Waals surface area contributed by atoms with Crippen molar-refractivity contribution in [2.24, 2.45) is 0 Å². The summed E-state index contributed by atoms with van der Waals surface area (Å²) in [6, 6.07) is 9.64. The highest BCUT2D eigenvalue weighted by atomic mass is 16.5. The Labute approximate surface area is 122 Å². The van der Waals surface area contributed by atoms with E-state index in [0.717, 1.165) is 12.5 Å². The van der Waals surface area contributed by atoms with E-state index in [0.29, 0.717) is 12.1 Å². The summed E-state index contributed by atoms with van der Waals surface area (Å²) < 4.78 is 5.80. The first-order valence-electron chi connectivity index (χ1n) is 8.23. The molecule has 1 aromatic rings. The molecule has 110 valence electrons. The van der Waals surface area contributed by atoms with Crippen LogP contribution in [0.15, 0.2) is 24.3 Å². The zero-order valence-corrected chi connectivity index (χ0v) is 12.6. The second kappa shape index (κ2) is 6.73. The van der Waals surface area contributed by atoms with Crippen molar-refractivity contribution in [2.45, 2.75) is 63.0 Å². The maximum Gasteiger partial charge on any atom is 0.0590 e.